The van der Waals surface area contributed by atoms with Crippen LogP contribution in [0.5, 0.6) is 5.75 Å². The summed E-state index contributed by atoms with van der Waals surface area (Å²) in [5.74, 6) is 0.375. The maximum atomic E-state index is 13.9. The van der Waals surface area contributed by atoms with Crippen LogP contribution in [0.15, 0.2) is 83.9 Å². The Labute approximate surface area is 216 Å². The van der Waals surface area contributed by atoms with Gasteiger partial charge >= 0.3 is 0 Å². The van der Waals surface area contributed by atoms with E-state index in [9.17, 15) is 9.90 Å². The zero-order valence-corrected chi connectivity index (χ0v) is 20.5. The Bertz CT molecular complexity index is 1890. The number of hydrogen-bond donors (Lipinski definition) is 2. The Balaban J connectivity index is 1.63. The number of aryl methyl sites for hydroxylation is 1. The maximum Gasteiger partial charge on any atom is 0.263 e. The van der Waals surface area contributed by atoms with Crippen LogP contribution in [0.25, 0.3) is 38.8 Å². The second-order valence-corrected chi connectivity index (χ2v) is 9.19. The number of phenols is 1. The number of rotatable bonds is 4. The number of aromatic hydroxyl groups is 1. The van der Waals surface area contributed by atoms with E-state index in [2.05, 4.69) is 9.97 Å². The van der Waals surface area contributed by atoms with Crippen LogP contribution in [0.3, 0.4) is 0 Å². The van der Waals surface area contributed by atoms with Gasteiger partial charge in [-0.2, -0.15) is 5.10 Å². The van der Waals surface area contributed by atoms with Crippen molar-refractivity contribution in [1.29, 1.82) is 0 Å². The van der Waals surface area contributed by atoms with Gasteiger partial charge in [-0.3, -0.25) is 9.36 Å². The molecule has 0 aliphatic carbocycles. The van der Waals surface area contributed by atoms with Crippen LogP contribution in [-0.4, -0.2) is 29.4 Å². The first kappa shape index (κ1) is 22.8. The molecule has 0 saturated carbocycles. The highest BCUT2D eigenvalue weighted by Crippen LogP contribution is 2.32. The fourth-order valence-electron chi connectivity index (χ4n) is 4.75. The minimum absolute atomic E-state index is 0.105. The number of fused-ring (bicyclic) bond motifs is 2. The summed E-state index contributed by atoms with van der Waals surface area (Å²) in [6, 6.07) is 21.7. The molecule has 182 valence electrons. The standard InChI is InChI=1S/C28H21ClN6O2/c1-16-6-4-7-17-12-19(35(28(37)23(16)17)22-11-3-2-10-21(22)29)14-34-27-24(26(30)31-15-32-27)25(33-34)18-8-5-9-20(36)13-18/h2-13,15,36H,14H2,1H3,(H2,30,31,32). The van der Waals surface area contributed by atoms with Crippen LogP contribution < -0.4 is 11.3 Å². The molecule has 0 bridgehead atoms. The summed E-state index contributed by atoms with van der Waals surface area (Å²) < 4.78 is 3.32. The van der Waals surface area contributed by atoms with Gasteiger partial charge in [-0.1, -0.05) is 54.1 Å². The molecular weight excluding hydrogens is 488 g/mol. The quantitative estimate of drug-likeness (QED) is 0.343. The first-order valence-corrected chi connectivity index (χ1v) is 12.0. The highest BCUT2D eigenvalue weighted by atomic mass is 35.5. The second kappa shape index (κ2) is 8.76. The molecule has 3 aromatic carbocycles. The number of pyridine rings is 1. The van der Waals surface area contributed by atoms with Crippen LogP contribution in [0, 0.1) is 6.92 Å². The third-order valence-corrected chi connectivity index (χ3v) is 6.73. The first-order valence-electron chi connectivity index (χ1n) is 11.6. The van der Waals surface area contributed by atoms with Crippen molar-refractivity contribution in [2.24, 2.45) is 0 Å². The molecule has 0 aliphatic heterocycles. The van der Waals surface area contributed by atoms with E-state index in [-0.39, 0.29) is 23.7 Å². The van der Waals surface area contributed by atoms with Gasteiger partial charge < -0.3 is 10.8 Å². The average Bonchev–Trinajstić information content (AvgIpc) is 3.25. The normalized spacial score (nSPS) is 11.4. The number of nitrogen functional groups attached to an aromatic ring is 1. The van der Waals surface area contributed by atoms with Gasteiger partial charge in [0.25, 0.3) is 5.56 Å². The maximum absolute atomic E-state index is 13.9. The third kappa shape index (κ3) is 3.78. The number of aromatic nitrogens is 5. The van der Waals surface area contributed by atoms with Gasteiger partial charge in [0, 0.05) is 11.3 Å². The van der Waals surface area contributed by atoms with Gasteiger partial charge in [-0.05, 0) is 48.2 Å². The molecule has 6 rings (SSSR count). The lowest BCUT2D eigenvalue weighted by Gasteiger charge is -2.17. The van der Waals surface area contributed by atoms with E-state index in [0.29, 0.717) is 44.1 Å². The zero-order valence-electron chi connectivity index (χ0n) is 19.8. The first-order chi connectivity index (χ1) is 17.9. The highest BCUT2D eigenvalue weighted by molar-refractivity contribution is 6.32. The summed E-state index contributed by atoms with van der Waals surface area (Å²) in [4.78, 5) is 22.5. The Kier molecular flexibility index (Phi) is 5.39. The number of phenolic OH excluding ortho intramolecular Hbond substituents is 1. The molecule has 0 fully saturated rings. The summed E-state index contributed by atoms with van der Waals surface area (Å²) >= 11 is 6.57. The zero-order chi connectivity index (χ0) is 25.7. The molecule has 0 spiro atoms. The van der Waals surface area contributed by atoms with Crippen molar-refractivity contribution in [3.63, 3.8) is 0 Å². The predicted molar refractivity (Wildman–Crippen MR) is 145 cm³/mol. The molecule has 3 aromatic heterocycles. The molecule has 9 heteroatoms. The molecule has 0 amide bonds. The van der Waals surface area contributed by atoms with Crippen LogP contribution in [0.1, 0.15) is 11.3 Å². The summed E-state index contributed by atoms with van der Waals surface area (Å²) in [7, 11) is 0. The van der Waals surface area contributed by atoms with Crippen LogP contribution in [0.4, 0.5) is 5.82 Å². The number of para-hydroxylation sites is 1. The number of benzene rings is 3. The van der Waals surface area contributed by atoms with Gasteiger partial charge in [0.15, 0.2) is 5.65 Å². The Morgan fingerprint density at radius 1 is 0.973 bits per heavy atom. The van der Waals surface area contributed by atoms with E-state index >= 15 is 0 Å². The van der Waals surface area contributed by atoms with E-state index in [1.54, 1.807) is 33.5 Å². The molecule has 0 aliphatic rings. The van der Waals surface area contributed by atoms with Crippen molar-refractivity contribution < 1.29 is 5.11 Å². The largest absolute Gasteiger partial charge is 0.508 e. The smallest absolute Gasteiger partial charge is 0.263 e. The molecule has 37 heavy (non-hydrogen) atoms. The average molecular weight is 509 g/mol. The molecular formula is C28H21ClN6O2. The molecule has 0 saturated heterocycles. The second-order valence-electron chi connectivity index (χ2n) is 8.78. The minimum Gasteiger partial charge on any atom is -0.508 e. The Morgan fingerprint density at radius 3 is 2.59 bits per heavy atom. The van der Waals surface area contributed by atoms with Crippen molar-refractivity contribution >= 4 is 39.2 Å². The highest BCUT2D eigenvalue weighted by Gasteiger charge is 2.20. The lowest BCUT2D eigenvalue weighted by atomic mass is 10.1. The van der Waals surface area contributed by atoms with E-state index in [0.717, 1.165) is 10.9 Å². The third-order valence-electron chi connectivity index (χ3n) is 6.41. The van der Waals surface area contributed by atoms with Crippen molar-refractivity contribution in [3.05, 3.63) is 106 Å². The number of nitrogens with two attached hydrogens (primary N) is 1. The number of anilines is 1. The minimum atomic E-state index is -0.169. The number of halogens is 1. The molecule has 0 unspecified atom stereocenters. The number of hydrogen-bond acceptors (Lipinski definition) is 6. The molecule has 8 nitrogen and oxygen atoms in total. The fraction of sp³-hybridized carbons (Fsp3) is 0.0714. The van der Waals surface area contributed by atoms with Gasteiger partial charge in [-0.15, -0.1) is 0 Å². The van der Waals surface area contributed by atoms with Crippen LogP contribution >= 0.6 is 11.6 Å². The van der Waals surface area contributed by atoms with E-state index in [1.807, 2.05) is 55.5 Å². The van der Waals surface area contributed by atoms with Gasteiger partial charge in [0.1, 0.15) is 23.6 Å². The summed E-state index contributed by atoms with van der Waals surface area (Å²) in [6.45, 7) is 2.12. The SMILES string of the molecule is Cc1cccc2cc(Cn3nc(-c4cccc(O)c4)c4c(N)ncnc43)n(-c3ccccc3Cl)c(=O)c12. The Hall–Kier alpha value is -4.69. The van der Waals surface area contributed by atoms with Crippen molar-refractivity contribution in [2.75, 3.05) is 5.73 Å². The molecule has 0 atom stereocenters. The fourth-order valence-corrected chi connectivity index (χ4v) is 4.97. The lowest BCUT2D eigenvalue weighted by molar-refractivity contribution is 0.475. The monoisotopic (exact) mass is 508 g/mol. The summed E-state index contributed by atoms with van der Waals surface area (Å²) in [6.07, 6.45) is 1.38. The van der Waals surface area contributed by atoms with Gasteiger partial charge in [-0.25, -0.2) is 14.6 Å². The number of nitrogens with zero attached hydrogens (tertiary/aromatic N) is 5. The van der Waals surface area contributed by atoms with E-state index < -0.39 is 0 Å². The molecule has 3 N–H and O–H groups in total. The van der Waals surface area contributed by atoms with Crippen molar-refractivity contribution in [3.8, 4) is 22.7 Å². The lowest BCUT2D eigenvalue weighted by Crippen LogP contribution is -2.24. The molecule has 6 aromatic rings. The molecule has 3 heterocycles. The van der Waals surface area contributed by atoms with Crippen molar-refractivity contribution in [2.45, 2.75) is 13.5 Å². The van der Waals surface area contributed by atoms with Crippen LogP contribution in [0.2, 0.25) is 5.02 Å². The van der Waals surface area contributed by atoms with E-state index in [4.69, 9.17) is 22.4 Å². The van der Waals surface area contributed by atoms with Gasteiger partial charge in [0.2, 0.25) is 0 Å². The predicted octanol–water partition coefficient (Wildman–Crippen LogP) is 5.10. The summed E-state index contributed by atoms with van der Waals surface area (Å²) in [5.41, 5.74) is 9.92. The molecule has 0 radical (unpaired) electrons. The topological polar surface area (TPSA) is 112 Å². The van der Waals surface area contributed by atoms with E-state index in [1.165, 1.54) is 6.33 Å². The Morgan fingerprint density at radius 2 is 1.78 bits per heavy atom. The van der Waals surface area contributed by atoms with Crippen molar-refractivity contribution in [1.82, 2.24) is 24.3 Å². The summed E-state index contributed by atoms with van der Waals surface area (Å²) in [5, 5.41) is 17.3. The van der Waals surface area contributed by atoms with Gasteiger partial charge in [0.05, 0.1) is 28.0 Å². The van der Waals surface area contributed by atoms with Crippen LogP contribution in [-0.2, 0) is 6.54 Å².